The van der Waals surface area contributed by atoms with Crippen LogP contribution in [0, 0.1) is 0 Å². The molecular weight excluding hydrogens is 258 g/mol. The Kier molecular flexibility index (Phi) is 3.88. The standard InChI is InChI=1S/C13H17N5O2/c1-8(16-13(14)20)12(19)15-7-11-17-9-5-3-4-6-10(9)18(11)2/h3-6,8H,7H2,1-2H3,(H,15,19)(H3,14,16,20). The molecule has 0 aliphatic carbocycles. The van der Waals surface area contributed by atoms with Gasteiger partial charge < -0.3 is 20.9 Å². The summed E-state index contributed by atoms with van der Waals surface area (Å²) in [6.45, 7) is 1.85. The number of carbonyl (C=O) groups excluding carboxylic acids is 2. The van der Waals surface area contributed by atoms with Crippen molar-refractivity contribution in [2.75, 3.05) is 0 Å². The van der Waals surface area contributed by atoms with Crippen LogP contribution in [0.4, 0.5) is 4.79 Å². The highest BCUT2D eigenvalue weighted by Gasteiger charge is 2.15. The topological polar surface area (TPSA) is 102 Å². The first-order valence-corrected chi connectivity index (χ1v) is 6.23. The quantitative estimate of drug-likeness (QED) is 0.745. The number of imidazole rings is 1. The third-order valence-electron chi connectivity index (χ3n) is 3.05. The van der Waals surface area contributed by atoms with E-state index in [1.807, 2.05) is 35.9 Å². The van der Waals surface area contributed by atoms with Gasteiger partial charge in [-0.3, -0.25) is 4.79 Å². The van der Waals surface area contributed by atoms with Crippen molar-refractivity contribution in [3.8, 4) is 0 Å². The van der Waals surface area contributed by atoms with E-state index in [2.05, 4.69) is 15.6 Å². The second kappa shape index (κ2) is 5.60. The first-order valence-electron chi connectivity index (χ1n) is 6.23. The molecule has 0 bridgehead atoms. The number of amides is 3. The molecule has 0 spiro atoms. The highest BCUT2D eigenvalue weighted by Crippen LogP contribution is 2.13. The normalized spacial score (nSPS) is 12.1. The van der Waals surface area contributed by atoms with Gasteiger partial charge in [-0.1, -0.05) is 12.1 Å². The largest absolute Gasteiger partial charge is 0.352 e. The molecule has 7 nitrogen and oxygen atoms in total. The molecule has 0 aliphatic heterocycles. The molecule has 2 aromatic rings. The van der Waals surface area contributed by atoms with E-state index in [1.165, 1.54) is 0 Å². The highest BCUT2D eigenvalue weighted by molar-refractivity contribution is 5.86. The smallest absolute Gasteiger partial charge is 0.312 e. The van der Waals surface area contributed by atoms with Gasteiger partial charge in [0.2, 0.25) is 5.91 Å². The molecule has 20 heavy (non-hydrogen) atoms. The Hall–Kier alpha value is -2.57. The lowest BCUT2D eigenvalue weighted by molar-refractivity contribution is -0.122. The number of primary amides is 1. The number of carbonyl (C=O) groups is 2. The van der Waals surface area contributed by atoms with Gasteiger partial charge in [0.15, 0.2) is 0 Å². The maximum atomic E-state index is 11.8. The average Bonchev–Trinajstić information content (AvgIpc) is 2.72. The lowest BCUT2D eigenvalue weighted by Crippen LogP contribution is -2.46. The van der Waals surface area contributed by atoms with Crippen LogP contribution < -0.4 is 16.4 Å². The fraction of sp³-hybridized carbons (Fsp3) is 0.308. The van der Waals surface area contributed by atoms with Gasteiger partial charge in [0.05, 0.1) is 17.6 Å². The van der Waals surface area contributed by atoms with E-state index in [0.717, 1.165) is 16.9 Å². The molecule has 0 saturated heterocycles. The lowest BCUT2D eigenvalue weighted by Gasteiger charge is -2.12. The molecule has 4 N–H and O–H groups in total. The summed E-state index contributed by atoms with van der Waals surface area (Å²) in [5.74, 6) is 0.432. The number of aromatic nitrogens is 2. The van der Waals surface area contributed by atoms with Gasteiger partial charge in [0.25, 0.3) is 0 Å². The van der Waals surface area contributed by atoms with Gasteiger partial charge in [-0.2, -0.15) is 0 Å². The summed E-state index contributed by atoms with van der Waals surface area (Å²) in [4.78, 5) is 26.9. The number of para-hydroxylation sites is 2. The van der Waals surface area contributed by atoms with Crippen molar-refractivity contribution < 1.29 is 9.59 Å². The number of benzene rings is 1. The van der Waals surface area contributed by atoms with Crippen molar-refractivity contribution in [2.45, 2.75) is 19.5 Å². The van der Waals surface area contributed by atoms with E-state index >= 15 is 0 Å². The molecule has 3 amide bonds. The van der Waals surface area contributed by atoms with Crippen molar-refractivity contribution in [1.82, 2.24) is 20.2 Å². The van der Waals surface area contributed by atoms with Crippen molar-refractivity contribution in [2.24, 2.45) is 12.8 Å². The van der Waals surface area contributed by atoms with E-state index in [-0.39, 0.29) is 12.5 Å². The van der Waals surface area contributed by atoms with Crippen LogP contribution in [0.25, 0.3) is 11.0 Å². The zero-order chi connectivity index (χ0) is 14.7. The monoisotopic (exact) mass is 275 g/mol. The van der Waals surface area contributed by atoms with E-state index in [0.29, 0.717) is 0 Å². The third-order valence-corrected chi connectivity index (χ3v) is 3.05. The Morgan fingerprint density at radius 3 is 2.75 bits per heavy atom. The molecule has 1 aromatic heterocycles. The minimum atomic E-state index is -0.726. The first kappa shape index (κ1) is 13.9. The molecule has 106 valence electrons. The fourth-order valence-electron chi connectivity index (χ4n) is 1.95. The Bertz CT molecular complexity index is 649. The van der Waals surface area contributed by atoms with Gasteiger partial charge in [-0.25, -0.2) is 9.78 Å². The summed E-state index contributed by atoms with van der Waals surface area (Å²) in [5.41, 5.74) is 6.84. The van der Waals surface area contributed by atoms with Crippen LogP contribution in [-0.2, 0) is 18.4 Å². The highest BCUT2D eigenvalue weighted by atomic mass is 16.2. The number of hydrogen-bond donors (Lipinski definition) is 3. The summed E-state index contributed by atoms with van der Waals surface area (Å²) in [7, 11) is 1.89. The van der Waals surface area contributed by atoms with Crippen LogP contribution in [0.2, 0.25) is 0 Å². The molecule has 2 rings (SSSR count). The Balaban J connectivity index is 2.04. The van der Waals surface area contributed by atoms with Gasteiger partial charge >= 0.3 is 6.03 Å². The number of nitrogens with one attached hydrogen (secondary N) is 2. The maximum absolute atomic E-state index is 11.8. The zero-order valence-electron chi connectivity index (χ0n) is 11.4. The molecule has 1 atom stereocenters. The fourth-order valence-corrected chi connectivity index (χ4v) is 1.95. The summed E-state index contributed by atoms with van der Waals surface area (Å²) < 4.78 is 1.92. The number of rotatable bonds is 4. The third kappa shape index (κ3) is 2.87. The summed E-state index contributed by atoms with van der Waals surface area (Å²) in [5, 5.41) is 5.03. The van der Waals surface area contributed by atoms with Crippen molar-refractivity contribution in [1.29, 1.82) is 0 Å². The van der Waals surface area contributed by atoms with Crippen LogP contribution in [0.1, 0.15) is 12.7 Å². The second-order valence-corrected chi connectivity index (χ2v) is 4.52. The van der Waals surface area contributed by atoms with Crippen LogP contribution in [0.5, 0.6) is 0 Å². The zero-order valence-corrected chi connectivity index (χ0v) is 11.4. The van der Waals surface area contributed by atoms with E-state index in [9.17, 15) is 9.59 Å². The van der Waals surface area contributed by atoms with Crippen molar-refractivity contribution in [3.63, 3.8) is 0 Å². The predicted octanol–water partition coefficient (Wildman–Crippen LogP) is 0.246. The van der Waals surface area contributed by atoms with E-state index in [4.69, 9.17) is 5.73 Å². The summed E-state index contributed by atoms with van der Waals surface area (Å²) in [6.07, 6.45) is 0. The summed E-state index contributed by atoms with van der Waals surface area (Å²) in [6, 6.07) is 6.32. The predicted molar refractivity (Wildman–Crippen MR) is 74.7 cm³/mol. The molecule has 0 fully saturated rings. The molecule has 0 saturated carbocycles. The van der Waals surface area contributed by atoms with Gasteiger partial charge in [0, 0.05) is 7.05 Å². The SMILES string of the molecule is CC(NC(N)=O)C(=O)NCc1nc2ccccc2n1C. The molecule has 7 heteroatoms. The number of fused-ring (bicyclic) bond motifs is 1. The number of hydrogen-bond acceptors (Lipinski definition) is 3. The Labute approximate surface area is 116 Å². The van der Waals surface area contributed by atoms with E-state index < -0.39 is 12.1 Å². The van der Waals surface area contributed by atoms with Gasteiger partial charge in [-0.05, 0) is 19.1 Å². The average molecular weight is 275 g/mol. The lowest BCUT2D eigenvalue weighted by atomic mass is 10.3. The minimum absolute atomic E-state index is 0.287. The van der Waals surface area contributed by atoms with Crippen LogP contribution in [0.3, 0.4) is 0 Å². The molecule has 1 unspecified atom stereocenters. The van der Waals surface area contributed by atoms with Crippen LogP contribution in [-0.4, -0.2) is 27.5 Å². The van der Waals surface area contributed by atoms with Gasteiger partial charge in [0.1, 0.15) is 11.9 Å². The number of aryl methyl sites for hydroxylation is 1. The van der Waals surface area contributed by atoms with Crippen LogP contribution in [0.15, 0.2) is 24.3 Å². The molecule has 0 radical (unpaired) electrons. The second-order valence-electron chi connectivity index (χ2n) is 4.52. The molecule has 1 heterocycles. The number of urea groups is 1. The number of nitrogens with zero attached hydrogens (tertiary/aromatic N) is 2. The number of nitrogens with two attached hydrogens (primary N) is 1. The minimum Gasteiger partial charge on any atom is -0.352 e. The van der Waals surface area contributed by atoms with Crippen LogP contribution >= 0.6 is 0 Å². The first-order chi connectivity index (χ1) is 9.49. The molecule has 0 aliphatic rings. The maximum Gasteiger partial charge on any atom is 0.312 e. The Morgan fingerprint density at radius 1 is 1.40 bits per heavy atom. The van der Waals surface area contributed by atoms with E-state index in [1.54, 1.807) is 6.92 Å². The Morgan fingerprint density at radius 2 is 2.10 bits per heavy atom. The van der Waals surface area contributed by atoms with Crippen molar-refractivity contribution in [3.05, 3.63) is 30.1 Å². The summed E-state index contributed by atoms with van der Waals surface area (Å²) >= 11 is 0. The van der Waals surface area contributed by atoms with Crippen molar-refractivity contribution >= 4 is 23.0 Å². The molecular formula is C13H17N5O2. The molecule has 1 aromatic carbocycles. The van der Waals surface area contributed by atoms with Gasteiger partial charge in [-0.15, -0.1) is 0 Å².